The summed E-state index contributed by atoms with van der Waals surface area (Å²) in [7, 11) is 1.87. The Hall–Kier alpha value is -0.220. The third-order valence-electron chi connectivity index (χ3n) is 2.23. The number of rotatable bonds is 4. The number of nitrogens with one attached hydrogen (secondary N) is 2. The summed E-state index contributed by atoms with van der Waals surface area (Å²) in [5.74, 6) is 2.53. The Kier molecular flexibility index (Phi) is 4.59. The van der Waals surface area contributed by atoms with Crippen molar-refractivity contribution in [2.24, 2.45) is 5.92 Å². The normalized spacial score (nSPS) is 24.3. The third kappa shape index (κ3) is 3.56. The zero-order chi connectivity index (χ0) is 9.68. The van der Waals surface area contributed by atoms with Gasteiger partial charge in [-0.15, -0.1) is 0 Å². The van der Waals surface area contributed by atoms with Crippen LogP contribution in [0.25, 0.3) is 0 Å². The van der Waals surface area contributed by atoms with Crippen LogP contribution < -0.4 is 10.6 Å². The van der Waals surface area contributed by atoms with E-state index >= 15 is 0 Å². The minimum atomic E-state index is 0.0793. The highest BCUT2D eigenvalue weighted by Gasteiger charge is 2.20. The summed E-state index contributed by atoms with van der Waals surface area (Å²) in [6.07, 6.45) is 1.13. The van der Waals surface area contributed by atoms with Crippen LogP contribution >= 0.6 is 11.8 Å². The molecule has 2 N–H and O–H groups in total. The fourth-order valence-corrected chi connectivity index (χ4v) is 2.54. The van der Waals surface area contributed by atoms with Crippen molar-refractivity contribution in [3.8, 4) is 0 Å². The van der Waals surface area contributed by atoms with Crippen molar-refractivity contribution in [3.63, 3.8) is 0 Å². The Balaban J connectivity index is 2.22. The average molecular weight is 202 g/mol. The van der Waals surface area contributed by atoms with Gasteiger partial charge in [0.2, 0.25) is 5.91 Å². The molecule has 1 rings (SSSR count). The number of carbonyl (C=O) groups is 1. The van der Waals surface area contributed by atoms with E-state index in [1.54, 1.807) is 0 Å². The first-order valence-corrected chi connectivity index (χ1v) is 5.92. The van der Waals surface area contributed by atoms with Crippen molar-refractivity contribution >= 4 is 17.7 Å². The van der Waals surface area contributed by atoms with Crippen molar-refractivity contribution in [1.29, 1.82) is 0 Å². The first-order chi connectivity index (χ1) is 6.24. The molecule has 0 saturated carbocycles. The Morgan fingerprint density at radius 1 is 1.69 bits per heavy atom. The van der Waals surface area contributed by atoms with Crippen LogP contribution in [0.15, 0.2) is 0 Å². The zero-order valence-corrected chi connectivity index (χ0v) is 9.12. The van der Waals surface area contributed by atoms with Crippen molar-refractivity contribution < 1.29 is 4.79 Å². The second-order valence-corrected chi connectivity index (χ2v) is 4.68. The molecule has 0 bridgehead atoms. The van der Waals surface area contributed by atoms with Gasteiger partial charge in [-0.25, -0.2) is 0 Å². The second kappa shape index (κ2) is 5.50. The van der Waals surface area contributed by atoms with Crippen LogP contribution in [0.4, 0.5) is 0 Å². The Labute approximate surface area is 84.0 Å². The summed E-state index contributed by atoms with van der Waals surface area (Å²) in [6, 6.07) is 0.414. The van der Waals surface area contributed by atoms with Crippen molar-refractivity contribution in [2.75, 3.05) is 25.1 Å². The van der Waals surface area contributed by atoms with Gasteiger partial charge in [0.1, 0.15) is 0 Å². The molecule has 0 aromatic carbocycles. The van der Waals surface area contributed by atoms with Crippen LogP contribution in [0.1, 0.15) is 13.3 Å². The van der Waals surface area contributed by atoms with E-state index in [2.05, 4.69) is 10.6 Å². The highest BCUT2D eigenvalue weighted by atomic mass is 32.2. The average Bonchev–Trinajstić information content (AvgIpc) is 2.57. The molecule has 0 aromatic heterocycles. The lowest BCUT2D eigenvalue weighted by Crippen LogP contribution is -2.40. The highest BCUT2D eigenvalue weighted by Crippen LogP contribution is 2.17. The fourth-order valence-electron chi connectivity index (χ4n) is 1.39. The molecule has 4 heteroatoms. The van der Waals surface area contributed by atoms with Crippen LogP contribution in [0.2, 0.25) is 0 Å². The van der Waals surface area contributed by atoms with E-state index < -0.39 is 0 Å². The molecule has 1 fully saturated rings. The molecule has 3 nitrogen and oxygen atoms in total. The lowest BCUT2D eigenvalue weighted by Gasteiger charge is -2.15. The van der Waals surface area contributed by atoms with Crippen LogP contribution in [-0.4, -0.2) is 37.0 Å². The maximum absolute atomic E-state index is 11.5. The van der Waals surface area contributed by atoms with E-state index in [0.717, 1.165) is 18.7 Å². The van der Waals surface area contributed by atoms with Gasteiger partial charge >= 0.3 is 0 Å². The summed E-state index contributed by atoms with van der Waals surface area (Å²) in [5, 5.41) is 6.07. The van der Waals surface area contributed by atoms with Crippen molar-refractivity contribution in [2.45, 2.75) is 19.4 Å². The summed E-state index contributed by atoms with van der Waals surface area (Å²) in [5.41, 5.74) is 0. The number of hydrogen-bond donors (Lipinski definition) is 2. The van der Waals surface area contributed by atoms with E-state index in [-0.39, 0.29) is 11.8 Å². The van der Waals surface area contributed by atoms with Gasteiger partial charge in [-0.1, -0.05) is 6.92 Å². The van der Waals surface area contributed by atoms with Gasteiger partial charge in [-0.2, -0.15) is 11.8 Å². The molecule has 1 amide bonds. The van der Waals surface area contributed by atoms with Crippen molar-refractivity contribution in [1.82, 2.24) is 10.6 Å². The molecule has 1 aliphatic heterocycles. The maximum Gasteiger partial charge on any atom is 0.224 e. The zero-order valence-electron chi connectivity index (χ0n) is 8.30. The van der Waals surface area contributed by atoms with Gasteiger partial charge in [0.15, 0.2) is 0 Å². The highest BCUT2D eigenvalue weighted by molar-refractivity contribution is 7.99. The van der Waals surface area contributed by atoms with Gasteiger partial charge in [0.25, 0.3) is 0 Å². The van der Waals surface area contributed by atoms with Crippen LogP contribution in [0, 0.1) is 5.92 Å². The van der Waals surface area contributed by atoms with Gasteiger partial charge in [0, 0.05) is 24.3 Å². The first-order valence-electron chi connectivity index (χ1n) is 4.76. The van der Waals surface area contributed by atoms with Crippen molar-refractivity contribution in [3.05, 3.63) is 0 Å². The van der Waals surface area contributed by atoms with E-state index in [9.17, 15) is 4.79 Å². The molecule has 2 atom stereocenters. The molecule has 1 aliphatic rings. The van der Waals surface area contributed by atoms with Gasteiger partial charge in [-0.05, 0) is 19.2 Å². The minimum absolute atomic E-state index is 0.0793. The van der Waals surface area contributed by atoms with E-state index in [1.807, 2.05) is 25.7 Å². The van der Waals surface area contributed by atoms with E-state index in [4.69, 9.17) is 0 Å². The molecule has 0 aromatic rings. The summed E-state index contributed by atoms with van der Waals surface area (Å²) in [6.45, 7) is 2.71. The largest absolute Gasteiger partial charge is 0.352 e. The van der Waals surface area contributed by atoms with Gasteiger partial charge in [-0.3, -0.25) is 4.79 Å². The van der Waals surface area contributed by atoms with Crippen LogP contribution in [0.3, 0.4) is 0 Å². The number of amides is 1. The number of carbonyl (C=O) groups excluding carboxylic acids is 1. The third-order valence-corrected chi connectivity index (χ3v) is 3.40. The van der Waals surface area contributed by atoms with E-state index in [0.29, 0.717) is 6.04 Å². The molecule has 2 unspecified atom stereocenters. The Morgan fingerprint density at radius 2 is 2.46 bits per heavy atom. The quantitative estimate of drug-likeness (QED) is 0.696. The Bertz CT molecular complexity index is 169. The first kappa shape index (κ1) is 10.9. The smallest absolute Gasteiger partial charge is 0.224 e. The molecule has 1 heterocycles. The summed E-state index contributed by atoms with van der Waals surface area (Å²) < 4.78 is 0. The predicted octanol–water partition coefficient (Wildman–Crippen LogP) is 0.464. The lowest BCUT2D eigenvalue weighted by molar-refractivity contribution is -0.124. The maximum atomic E-state index is 11.5. The SMILES string of the molecule is CNCC(C)C(=O)NC1CCSC1. The number of hydrogen-bond acceptors (Lipinski definition) is 3. The van der Waals surface area contributed by atoms with Gasteiger partial charge < -0.3 is 10.6 Å². The number of thioether (sulfide) groups is 1. The summed E-state index contributed by atoms with van der Waals surface area (Å²) >= 11 is 1.92. The molecule has 0 aliphatic carbocycles. The minimum Gasteiger partial charge on any atom is -0.352 e. The summed E-state index contributed by atoms with van der Waals surface area (Å²) in [4.78, 5) is 11.5. The monoisotopic (exact) mass is 202 g/mol. The molecular weight excluding hydrogens is 184 g/mol. The molecule has 13 heavy (non-hydrogen) atoms. The molecular formula is C9H18N2OS. The fraction of sp³-hybridized carbons (Fsp3) is 0.889. The molecule has 0 spiro atoms. The lowest BCUT2D eigenvalue weighted by atomic mass is 10.1. The van der Waals surface area contributed by atoms with E-state index in [1.165, 1.54) is 5.75 Å². The standard InChI is InChI=1S/C9H18N2OS/c1-7(5-10-2)9(12)11-8-3-4-13-6-8/h7-8,10H,3-6H2,1-2H3,(H,11,12). The molecule has 76 valence electrons. The van der Waals surface area contributed by atoms with Crippen LogP contribution in [0.5, 0.6) is 0 Å². The van der Waals surface area contributed by atoms with Gasteiger partial charge in [0.05, 0.1) is 0 Å². The topological polar surface area (TPSA) is 41.1 Å². The second-order valence-electron chi connectivity index (χ2n) is 3.53. The predicted molar refractivity (Wildman–Crippen MR) is 57.0 cm³/mol. The molecule has 1 saturated heterocycles. The Morgan fingerprint density at radius 3 is 3.00 bits per heavy atom. The van der Waals surface area contributed by atoms with Crippen LogP contribution in [-0.2, 0) is 4.79 Å². The molecule has 0 radical (unpaired) electrons.